The minimum atomic E-state index is -0.477. The summed E-state index contributed by atoms with van der Waals surface area (Å²) >= 11 is 1.86. The number of benzene rings is 10. The largest absolute Gasteiger partial charge is 0.228 e. The van der Waals surface area contributed by atoms with Crippen molar-refractivity contribution in [3.63, 3.8) is 0 Å². The van der Waals surface area contributed by atoms with E-state index in [0.717, 1.165) is 39.2 Å². The van der Waals surface area contributed by atoms with Gasteiger partial charge in [0.2, 0.25) is 0 Å². The summed E-state index contributed by atoms with van der Waals surface area (Å²) in [5, 5.41) is 5.00. The Morgan fingerprint density at radius 2 is 0.864 bits per heavy atom. The Bertz CT molecular complexity index is 3770. The van der Waals surface area contributed by atoms with E-state index in [1.807, 2.05) is 17.4 Å². The van der Waals surface area contributed by atoms with Crippen LogP contribution in [0, 0.1) is 0 Å². The van der Waals surface area contributed by atoms with Crippen LogP contribution in [0.2, 0.25) is 0 Å². The Hall–Kier alpha value is -8.24. The zero-order valence-corrected chi connectivity index (χ0v) is 36.7. The quantitative estimate of drug-likeness (QED) is 0.160. The van der Waals surface area contributed by atoms with E-state index in [1.54, 1.807) is 0 Å². The van der Waals surface area contributed by atoms with Gasteiger partial charge in [-0.3, -0.25) is 0 Å². The highest BCUT2D eigenvalue weighted by atomic mass is 32.1. The maximum Gasteiger partial charge on any atom is 0.160 e. The predicted octanol–water partition coefficient (Wildman–Crippen LogP) is 16.7. The summed E-state index contributed by atoms with van der Waals surface area (Å²) in [7, 11) is 0. The highest BCUT2D eigenvalue weighted by Crippen LogP contribution is 2.56. The van der Waals surface area contributed by atoms with Crippen LogP contribution in [0.4, 0.5) is 0 Å². The van der Waals surface area contributed by atoms with Crippen LogP contribution in [0.15, 0.2) is 243 Å². The summed E-state index contributed by atoms with van der Waals surface area (Å²) in [5.74, 6) is 0.690. The molecular formula is C63H40N2S. The summed E-state index contributed by atoms with van der Waals surface area (Å²) in [5.41, 5.74) is 16.5. The first-order valence-electron chi connectivity index (χ1n) is 22.6. The maximum absolute atomic E-state index is 5.43. The third-order valence-corrected chi connectivity index (χ3v) is 14.8. The molecule has 0 saturated carbocycles. The first-order chi connectivity index (χ1) is 32.7. The number of aromatic nitrogens is 2. The molecule has 10 aromatic carbocycles. The number of hydrogen-bond donors (Lipinski definition) is 0. The van der Waals surface area contributed by atoms with E-state index in [-0.39, 0.29) is 0 Å². The molecule has 0 aliphatic heterocycles. The Labute approximate surface area is 387 Å². The molecule has 3 heteroatoms. The second-order valence-corrected chi connectivity index (χ2v) is 18.3. The molecular weight excluding hydrogens is 817 g/mol. The molecule has 0 amide bonds. The highest BCUT2D eigenvalue weighted by Gasteiger charge is 2.46. The van der Waals surface area contributed by atoms with Crippen LogP contribution in [0.5, 0.6) is 0 Å². The van der Waals surface area contributed by atoms with Crippen molar-refractivity contribution >= 4 is 42.3 Å². The molecule has 2 aromatic heterocycles. The van der Waals surface area contributed by atoms with Gasteiger partial charge in [0.15, 0.2) is 5.82 Å². The zero-order valence-electron chi connectivity index (χ0n) is 35.9. The normalized spacial score (nSPS) is 12.7. The topological polar surface area (TPSA) is 25.8 Å². The summed E-state index contributed by atoms with van der Waals surface area (Å²) in [4.78, 5) is 10.8. The monoisotopic (exact) mass is 856 g/mol. The van der Waals surface area contributed by atoms with E-state index in [9.17, 15) is 0 Å². The Morgan fingerprint density at radius 3 is 1.65 bits per heavy atom. The van der Waals surface area contributed by atoms with Gasteiger partial charge in [0.1, 0.15) is 0 Å². The molecule has 0 radical (unpaired) electrons. The number of rotatable bonds is 7. The van der Waals surface area contributed by atoms with Crippen LogP contribution in [-0.2, 0) is 5.41 Å². The lowest BCUT2D eigenvalue weighted by molar-refractivity contribution is 0.768. The fourth-order valence-electron chi connectivity index (χ4n) is 10.6. The van der Waals surface area contributed by atoms with Crippen molar-refractivity contribution in [2.75, 3.05) is 0 Å². The van der Waals surface area contributed by atoms with Crippen LogP contribution < -0.4 is 0 Å². The second-order valence-electron chi connectivity index (χ2n) is 17.2. The van der Waals surface area contributed by atoms with Gasteiger partial charge in [-0.1, -0.05) is 206 Å². The average Bonchev–Trinajstić information content (AvgIpc) is 3.93. The molecule has 13 rings (SSSR count). The van der Waals surface area contributed by atoms with E-state index in [4.69, 9.17) is 9.97 Å². The molecule has 0 bridgehead atoms. The molecule has 66 heavy (non-hydrogen) atoms. The minimum Gasteiger partial charge on any atom is -0.228 e. The Morgan fingerprint density at radius 1 is 0.318 bits per heavy atom. The summed E-state index contributed by atoms with van der Waals surface area (Å²) in [6.07, 6.45) is 0. The number of fused-ring (bicyclic) bond motifs is 7. The third kappa shape index (κ3) is 6.09. The lowest BCUT2D eigenvalue weighted by Crippen LogP contribution is -2.28. The van der Waals surface area contributed by atoms with Gasteiger partial charge in [-0.15, -0.1) is 11.3 Å². The average molecular weight is 857 g/mol. The van der Waals surface area contributed by atoms with E-state index in [0.29, 0.717) is 5.82 Å². The van der Waals surface area contributed by atoms with Crippen LogP contribution >= 0.6 is 11.3 Å². The standard InChI is InChI=1S/C63H40N2S/c1-4-19-42(20-5-1)62-64-58(43-34-35-57-55(39-43)52-27-12-14-32-56(52)63(57,47-22-6-2-7-23-47)48-24-8-3-9-25-48)40-59(65-62)46-37-44(50-29-16-21-41-18-10-11-26-49(41)50)36-45(38-46)51-30-17-31-54-53-28-13-15-33-60(53)66-61(51)54/h1-40H. The first kappa shape index (κ1) is 38.2. The third-order valence-electron chi connectivity index (χ3n) is 13.6. The van der Waals surface area contributed by atoms with Crippen molar-refractivity contribution in [2.45, 2.75) is 5.41 Å². The Balaban J connectivity index is 1.05. The molecule has 0 saturated heterocycles. The molecule has 1 aliphatic rings. The first-order valence-corrected chi connectivity index (χ1v) is 23.4. The van der Waals surface area contributed by atoms with Gasteiger partial charge in [-0.25, -0.2) is 9.97 Å². The molecule has 0 atom stereocenters. The molecule has 0 fully saturated rings. The molecule has 0 N–H and O–H groups in total. The van der Waals surface area contributed by atoms with E-state index < -0.39 is 5.41 Å². The van der Waals surface area contributed by atoms with Gasteiger partial charge in [0, 0.05) is 36.9 Å². The van der Waals surface area contributed by atoms with Crippen molar-refractivity contribution in [1.29, 1.82) is 0 Å². The van der Waals surface area contributed by atoms with Crippen molar-refractivity contribution in [1.82, 2.24) is 9.97 Å². The SMILES string of the molecule is c1ccc(-c2nc(-c3cc(-c4cccc5ccccc45)cc(-c4cccc5c4sc4ccccc45)c3)cc(-c3ccc4c(c3)-c3ccccc3C4(c3ccccc3)c3ccccc3)n2)cc1. The van der Waals surface area contributed by atoms with Crippen molar-refractivity contribution < 1.29 is 0 Å². The number of thiophene rings is 1. The molecule has 1 aliphatic carbocycles. The fraction of sp³-hybridized carbons (Fsp3) is 0.0159. The molecule has 12 aromatic rings. The van der Waals surface area contributed by atoms with Gasteiger partial charge in [-0.2, -0.15) is 0 Å². The summed E-state index contributed by atoms with van der Waals surface area (Å²) < 4.78 is 2.58. The second kappa shape index (κ2) is 15.5. The van der Waals surface area contributed by atoms with Crippen LogP contribution in [-0.4, -0.2) is 9.97 Å². The van der Waals surface area contributed by atoms with Crippen LogP contribution in [0.1, 0.15) is 22.3 Å². The van der Waals surface area contributed by atoms with Crippen molar-refractivity contribution in [2.24, 2.45) is 0 Å². The van der Waals surface area contributed by atoms with Crippen molar-refractivity contribution in [3.8, 4) is 67.3 Å². The van der Waals surface area contributed by atoms with Gasteiger partial charge in [0.25, 0.3) is 0 Å². The summed E-state index contributed by atoms with van der Waals surface area (Å²) in [6.45, 7) is 0. The van der Waals surface area contributed by atoms with Crippen LogP contribution in [0.25, 0.3) is 98.2 Å². The molecule has 2 heterocycles. The molecule has 2 nitrogen and oxygen atoms in total. The van der Waals surface area contributed by atoms with E-state index in [2.05, 4.69) is 237 Å². The minimum absolute atomic E-state index is 0.477. The van der Waals surface area contributed by atoms with Gasteiger partial charge >= 0.3 is 0 Å². The highest BCUT2D eigenvalue weighted by molar-refractivity contribution is 7.26. The Kier molecular flexibility index (Phi) is 8.97. The number of hydrogen-bond acceptors (Lipinski definition) is 3. The smallest absolute Gasteiger partial charge is 0.160 e. The van der Waals surface area contributed by atoms with Crippen molar-refractivity contribution in [3.05, 3.63) is 265 Å². The lowest BCUT2D eigenvalue weighted by atomic mass is 9.67. The van der Waals surface area contributed by atoms with Gasteiger partial charge < -0.3 is 0 Å². The van der Waals surface area contributed by atoms with Gasteiger partial charge in [0.05, 0.1) is 16.8 Å². The van der Waals surface area contributed by atoms with Crippen LogP contribution in [0.3, 0.4) is 0 Å². The maximum atomic E-state index is 5.43. The van der Waals surface area contributed by atoms with E-state index >= 15 is 0 Å². The molecule has 0 unspecified atom stereocenters. The molecule has 308 valence electrons. The zero-order chi connectivity index (χ0) is 43.6. The lowest BCUT2D eigenvalue weighted by Gasteiger charge is -2.33. The fourth-order valence-corrected chi connectivity index (χ4v) is 11.8. The summed E-state index contributed by atoms with van der Waals surface area (Å²) in [6, 6.07) is 88.3. The van der Waals surface area contributed by atoms with Gasteiger partial charge in [-0.05, 0) is 103 Å². The van der Waals surface area contributed by atoms with E-state index in [1.165, 1.54) is 75.5 Å². The number of nitrogens with zero attached hydrogens (tertiary/aromatic N) is 2. The predicted molar refractivity (Wildman–Crippen MR) is 277 cm³/mol. The molecule has 0 spiro atoms.